The summed E-state index contributed by atoms with van der Waals surface area (Å²) in [5, 5.41) is 3.28. The van der Waals surface area contributed by atoms with Crippen molar-refractivity contribution in [3.8, 4) is 0 Å². The average molecular weight is 296 g/mol. The summed E-state index contributed by atoms with van der Waals surface area (Å²) in [6, 6.07) is 3.89. The smallest absolute Gasteiger partial charge is 0.122 e. The second-order valence-electron chi connectivity index (χ2n) is 4.83. The molecule has 2 heterocycles. The fourth-order valence-corrected chi connectivity index (χ4v) is 4.95. The van der Waals surface area contributed by atoms with Crippen LogP contribution < -0.4 is 5.32 Å². The minimum atomic E-state index is -0.965. The van der Waals surface area contributed by atoms with Gasteiger partial charge in [0, 0.05) is 35.5 Å². The highest BCUT2D eigenvalue weighted by Gasteiger charge is 2.44. The van der Waals surface area contributed by atoms with E-state index in [9.17, 15) is 4.21 Å². The molecule has 0 unspecified atom stereocenters. The van der Waals surface area contributed by atoms with Crippen molar-refractivity contribution in [1.29, 1.82) is 0 Å². The molecule has 1 aliphatic rings. The summed E-state index contributed by atoms with van der Waals surface area (Å²) in [5.74, 6) is 0.725. The molecule has 1 aliphatic heterocycles. The van der Waals surface area contributed by atoms with Crippen molar-refractivity contribution in [2.24, 2.45) is 0 Å². The van der Waals surface area contributed by atoms with E-state index in [1.54, 1.807) is 6.20 Å². The molecule has 2 atom stereocenters. The molecule has 1 aromatic rings. The SMILES string of the molecule is CCCNC(=S)[C@]1(c2cccnc2)CCCC[S@@]1=O. The molecule has 0 amide bonds. The fraction of sp³-hybridized carbons (Fsp3) is 0.571. The van der Waals surface area contributed by atoms with E-state index in [-0.39, 0.29) is 0 Å². The summed E-state index contributed by atoms with van der Waals surface area (Å²) in [7, 11) is -0.965. The molecule has 1 saturated heterocycles. The van der Waals surface area contributed by atoms with Gasteiger partial charge in [-0.15, -0.1) is 0 Å². The first-order valence-electron chi connectivity index (χ1n) is 6.79. The molecule has 19 heavy (non-hydrogen) atoms. The number of aromatic nitrogens is 1. The zero-order valence-corrected chi connectivity index (χ0v) is 12.9. The van der Waals surface area contributed by atoms with Gasteiger partial charge in [-0.2, -0.15) is 0 Å². The van der Waals surface area contributed by atoms with E-state index in [4.69, 9.17) is 12.2 Å². The van der Waals surface area contributed by atoms with Gasteiger partial charge < -0.3 is 5.32 Å². The monoisotopic (exact) mass is 296 g/mol. The maximum Gasteiger partial charge on any atom is 0.122 e. The Morgan fingerprint density at radius 3 is 3.05 bits per heavy atom. The number of pyridine rings is 1. The van der Waals surface area contributed by atoms with E-state index < -0.39 is 15.5 Å². The molecule has 0 radical (unpaired) electrons. The minimum absolute atomic E-state index is 0.531. The lowest BCUT2D eigenvalue weighted by Gasteiger charge is -2.37. The molecular formula is C14H20N2OS2. The van der Waals surface area contributed by atoms with Crippen molar-refractivity contribution in [3.05, 3.63) is 30.1 Å². The summed E-state index contributed by atoms with van der Waals surface area (Å²) < 4.78 is 12.1. The summed E-state index contributed by atoms with van der Waals surface area (Å²) in [5.41, 5.74) is 0.988. The Balaban J connectivity index is 2.38. The lowest BCUT2D eigenvalue weighted by atomic mass is 9.92. The van der Waals surface area contributed by atoms with Crippen LogP contribution in [0.4, 0.5) is 0 Å². The quantitative estimate of drug-likeness (QED) is 0.867. The van der Waals surface area contributed by atoms with Crippen LogP contribution in [0.5, 0.6) is 0 Å². The number of nitrogens with zero attached hydrogens (tertiary/aromatic N) is 1. The van der Waals surface area contributed by atoms with Gasteiger partial charge in [0.1, 0.15) is 4.75 Å². The van der Waals surface area contributed by atoms with Crippen LogP contribution in [0, 0.1) is 0 Å². The Bertz CT molecular complexity index is 464. The Morgan fingerprint density at radius 1 is 1.58 bits per heavy atom. The van der Waals surface area contributed by atoms with Crippen LogP contribution in [-0.2, 0) is 15.5 Å². The van der Waals surface area contributed by atoms with Crippen molar-refractivity contribution in [3.63, 3.8) is 0 Å². The zero-order chi connectivity index (χ0) is 13.7. The van der Waals surface area contributed by atoms with Crippen molar-refractivity contribution in [2.75, 3.05) is 12.3 Å². The number of hydrogen-bond acceptors (Lipinski definition) is 3. The average Bonchev–Trinajstić information content (AvgIpc) is 2.46. The van der Waals surface area contributed by atoms with E-state index in [0.717, 1.165) is 48.5 Å². The van der Waals surface area contributed by atoms with Crippen LogP contribution in [-0.4, -0.2) is 26.5 Å². The topological polar surface area (TPSA) is 42.0 Å². The van der Waals surface area contributed by atoms with Gasteiger partial charge in [-0.3, -0.25) is 9.19 Å². The Labute approximate surface area is 122 Å². The Morgan fingerprint density at radius 2 is 2.42 bits per heavy atom. The molecule has 104 valence electrons. The number of rotatable bonds is 4. The van der Waals surface area contributed by atoms with E-state index in [2.05, 4.69) is 17.2 Å². The molecule has 0 aliphatic carbocycles. The predicted octanol–water partition coefficient (Wildman–Crippen LogP) is 2.54. The number of hydrogen-bond donors (Lipinski definition) is 1. The van der Waals surface area contributed by atoms with Gasteiger partial charge in [0.05, 0.1) is 4.99 Å². The van der Waals surface area contributed by atoms with E-state index in [1.807, 2.05) is 18.3 Å². The number of thiocarbonyl (C=S) groups is 1. The van der Waals surface area contributed by atoms with Gasteiger partial charge in [0.15, 0.2) is 0 Å². The molecule has 1 aromatic heterocycles. The molecule has 1 N–H and O–H groups in total. The first-order valence-corrected chi connectivity index (χ1v) is 8.52. The first-order chi connectivity index (χ1) is 9.21. The summed E-state index contributed by atoms with van der Waals surface area (Å²) >= 11 is 5.58. The molecule has 3 nitrogen and oxygen atoms in total. The molecule has 0 aromatic carbocycles. The van der Waals surface area contributed by atoms with Gasteiger partial charge >= 0.3 is 0 Å². The van der Waals surface area contributed by atoms with E-state index in [0.29, 0.717) is 0 Å². The molecule has 0 spiro atoms. The normalized spacial score (nSPS) is 26.9. The highest BCUT2D eigenvalue weighted by molar-refractivity contribution is 7.90. The van der Waals surface area contributed by atoms with Crippen LogP contribution in [0.15, 0.2) is 24.5 Å². The maximum atomic E-state index is 12.7. The van der Waals surface area contributed by atoms with Crippen molar-refractivity contribution in [2.45, 2.75) is 37.4 Å². The predicted molar refractivity (Wildman–Crippen MR) is 83.7 cm³/mol. The van der Waals surface area contributed by atoms with Crippen LogP contribution in [0.2, 0.25) is 0 Å². The molecule has 5 heteroatoms. The van der Waals surface area contributed by atoms with Gasteiger partial charge in [0.2, 0.25) is 0 Å². The molecular weight excluding hydrogens is 276 g/mol. The lowest BCUT2D eigenvalue weighted by Crippen LogP contribution is -2.49. The lowest BCUT2D eigenvalue weighted by molar-refractivity contribution is 0.570. The number of nitrogens with one attached hydrogen (secondary N) is 1. The Kier molecular flexibility index (Phi) is 5.05. The summed E-state index contributed by atoms with van der Waals surface area (Å²) in [4.78, 5) is 4.90. The van der Waals surface area contributed by atoms with Gasteiger partial charge in [-0.1, -0.05) is 31.6 Å². The van der Waals surface area contributed by atoms with Crippen LogP contribution in [0.1, 0.15) is 38.2 Å². The second kappa shape index (κ2) is 6.57. The third-order valence-corrected chi connectivity index (χ3v) is 6.23. The third-order valence-electron chi connectivity index (χ3n) is 3.53. The highest BCUT2D eigenvalue weighted by atomic mass is 32.2. The van der Waals surface area contributed by atoms with Crippen molar-refractivity contribution >= 4 is 28.0 Å². The third kappa shape index (κ3) is 2.87. The molecule has 1 fully saturated rings. The maximum absolute atomic E-state index is 12.7. The van der Waals surface area contributed by atoms with Crippen LogP contribution in [0.3, 0.4) is 0 Å². The fourth-order valence-electron chi connectivity index (χ4n) is 2.50. The zero-order valence-electron chi connectivity index (χ0n) is 11.2. The summed E-state index contributed by atoms with van der Waals surface area (Å²) in [6.45, 7) is 2.93. The highest BCUT2D eigenvalue weighted by Crippen LogP contribution is 2.38. The molecule has 2 rings (SSSR count). The molecule has 0 bridgehead atoms. The van der Waals surface area contributed by atoms with Crippen molar-refractivity contribution in [1.82, 2.24) is 10.3 Å². The van der Waals surface area contributed by atoms with Gasteiger partial charge in [-0.25, -0.2) is 0 Å². The van der Waals surface area contributed by atoms with Crippen LogP contribution in [0.25, 0.3) is 0 Å². The molecule has 0 saturated carbocycles. The largest absolute Gasteiger partial charge is 0.378 e. The van der Waals surface area contributed by atoms with Crippen LogP contribution >= 0.6 is 12.2 Å². The standard InChI is InChI=1S/C14H20N2OS2/c1-2-8-16-13(18)14(7-3-4-10-19(14)17)12-6-5-9-15-11-12/h5-6,9,11H,2-4,7-8,10H2,1H3,(H,16,18)/t14-,19+/m1/s1. The van der Waals surface area contributed by atoms with Gasteiger partial charge in [-0.05, 0) is 30.9 Å². The van der Waals surface area contributed by atoms with E-state index in [1.165, 1.54) is 0 Å². The first kappa shape index (κ1) is 14.6. The minimum Gasteiger partial charge on any atom is -0.378 e. The second-order valence-corrected chi connectivity index (χ2v) is 7.04. The van der Waals surface area contributed by atoms with Gasteiger partial charge in [0.25, 0.3) is 0 Å². The summed E-state index contributed by atoms with van der Waals surface area (Å²) in [6.07, 6.45) is 7.49. The van der Waals surface area contributed by atoms with E-state index >= 15 is 0 Å². The van der Waals surface area contributed by atoms with Crippen molar-refractivity contribution < 1.29 is 4.21 Å². The Hall–Kier alpha value is -0.810.